The van der Waals surface area contributed by atoms with Crippen LogP contribution in [0.3, 0.4) is 0 Å². The molecule has 0 fully saturated rings. The molecule has 1 N–H and O–H groups in total. The van der Waals surface area contributed by atoms with Gasteiger partial charge < -0.3 is 9.26 Å². The molecule has 0 aliphatic carbocycles. The molecule has 0 aromatic carbocycles. The van der Waals surface area contributed by atoms with Gasteiger partial charge in [-0.25, -0.2) is 14.6 Å². The maximum Gasteiger partial charge on any atom is 0.360 e. The minimum atomic E-state index is -0.601. The number of H-pyrrole nitrogens is 1. The summed E-state index contributed by atoms with van der Waals surface area (Å²) in [4.78, 5) is 29.8. The van der Waals surface area contributed by atoms with Crippen LogP contribution in [-0.4, -0.2) is 37.8 Å². The summed E-state index contributed by atoms with van der Waals surface area (Å²) < 4.78 is 10.5. The first kappa shape index (κ1) is 14.8. The number of hydrogen-bond donors (Lipinski definition) is 1. The molecule has 3 heterocycles. The summed E-state index contributed by atoms with van der Waals surface area (Å²) in [5.41, 5.74) is -0.0773. The average molecular weight is 332 g/mol. The maximum atomic E-state index is 11.9. The van der Waals surface area contributed by atoms with Crippen LogP contribution in [-0.2, 0) is 10.5 Å². The molecule has 11 heteroatoms. The number of fused-ring (bicyclic) bond motifs is 1. The molecule has 0 aliphatic heterocycles. The van der Waals surface area contributed by atoms with Crippen LogP contribution in [0.1, 0.15) is 21.8 Å². The van der Waals surface area contributed by atoms with Crippen LogP contribution >= 0.6 is 11.8 Å². The lowest BCUT2D eigenvalue weighted by Crippen LogP contribution is -2.19. The molecule has 116 valence electrons. The molecule has 0 amide bonds. The van der Waals surface area contributed by atoms with Gasteiger partial charge in [-0.2, -0.15) is 14.9 Å². The number of nitrogens with zero attached hydrogens (tertiary/aromatic N) is 5. The van der Waals surface area contributed by atoms with Gasteiger partial charge in [-0.05, 0) is 0 Å². The largest absolute Gasteiger partial charge is 0.464 e. The van der Waals surface area contributed by atoms with Crippen LogP contribution in [0.4, 0.5) is 0 Å². The van der Waals surface area contributed by atoms with Crippen molar-refractivity contribution in [1.29, 1.82) is 5.26 Å². The highest BCUT2D eigenvalue weighted by molar-refractivity contribution is 7.98. The molecule has 0 unspecified atom stereocenters. The number of nitrogens with one attached hydrogen (secondary N) is 1. The summed E-state index contributed by atoms with van der Waals surface area (Å²) in [5, 5.41) is 16.6. The van der Waals surface area contributed by atoms with Crippen LogP contribution < -0.4 is 5.69 Å². The fourth-order valence-electron chi connectivity index (χ4n) is 1.74. The number of methoxy groups -OCH3 is 1. The van der Waals surface area contributed by atoms with E-state index in [1.165, 1.54) is 19.4 Å². The van der Waals surface area contributed by atoms with Crippen molar-refractivity contribution < 1.29 is 14.1 Å². The van der Waals surface area contributed by atoms with E-state index >= 15 is 0 Å². The van der Waals surface area contributed by atoms with Crippen LogP contribution in [0.15, 0.2) is 26.7 Å². The Labute approximate surface area is 132 Å². The lowest BCUT2D eigenvalue weighted by atomic mass is 10.4. The van der Waals surface area contributed by atoms with Crippen molar-refractivity contribution in [3.8, 4) is 6.07 Å². The van der Waals surface area contributed by atoms with Crippen molar-refractivity contribution in [2.75, 3.05) is 7.11 Å². The Morgan fingerprint density at radius 3 is 3.17 bits per heavy atom. The normalized spacial score (nSPS) is 10.6. The molecule has 0 saturated carbocycles. The Morgan fingerprint density at radius 1 is 1.61 bits per heavy atom. The summed E-state index contributed by atoms with van der Waals surface area (Å²) >= 11 is 1.15. The summed E-state index contributed by atoms with van der Waals surface area (Å²) in [7, 11) is 1.24. The lowest BCUT2D eigenvalue weighted by molar-refractivity contribution is 0.0589. The number of esters is 1. The summed E-state index contributed by atoms with van der Waals surface area (Å²) in [6.45, 7) is 0. The van der Waals surface area contributed by atoms with Crippen LogP contribution in [0, 0.1) is 11.3 Å². The molecule has 23 heavy (non-hydrogen) atoms. The Morgan fingerprint density at radius 2 is 2.43 bits per heavy atom. The van der Waals surface area contributed by atoms with E-state index < -0.39 is 11.7 Å². The van der Waals surface area contributed by atoms with E-state index in [4.69, 9.17) is 9.78 Å². The summed E-state index contributed by atoms with van der Waals surface area (Å²) in [5.74, 6) is 0.0851. The zero-order valence-electron chi connectivity index (χ0n) is 11.6. The van der Waals surface area contributed by atoms with Crippen LogP contribution in [0.25, 0.3) is 5.65 Å². The van der Waals surface area contributed by atoms with Crippen molar-refractivity contribution in [2.45, 2.75) is 10.9 Å². The molecule has 3 aromatic rings. The summed E-state index contributed by atoms with van der Waals surface area (Å²) in [6, 6.07) is 3.35. The maximum absolute atomic E-state index is 11.9. The Hall–Kier alpha value is -3.13. The fraction of sp³-hybridized carbons (Fsp3) is 0.167. The van der Waals surface area contributed by atoms with E-state index in [2.05, 4.69) is 25.0 Å². The second-order valence-electron chi connectivity index (χ2n) is 4.21. The molecular weight excluding hydrogens is 324 g/mol. The average Bonchev–Trinajstić information content (AvgIpc) is 3.19. The van der Waals surface area contributed by atoms with Crippen molar-refractivity contribution in [2.24, 2.45) is 0 Å². The second-order valence-corrected chi connectivity index (χ2v) is 5.18. The van der Waals surface area contributed by atoms with Crippen molar-refractivity contribution >= 4 is 23.4 Å². The van der Waals surface area contributed by atoms with Crippen molar-refractivity contribution in [1.82, 2.24) is 24.7 Å². The van der Waals surface area contributed by atoms with Gasteiger partial charge in [0.05, 0.1) is 19.1 Å². The first-order valence-corrected chi connectivity index (χ1v) is 7.16. The monoisotopic (exact) mass is 332 g/mol. The molecular formula is C12H8N6O4S. The van der Waals surface area contributed by atoms with Gasteiger partial charge in [-0.1, -0.05) is 16.9 Å². The molecule has 0 spiro atoms. The minimum absolute atomic E-state index is 0.0579. The number of carbonyl (C=O) groups is 1. The van der Waals surface area contributed by atoms with E-state index in [0.29, 0.717) is 5.76 Å². The van der Waals surface area contributed by atoms with E-state index in [0.717, 1.165) is 16.3 Å². The van der Waals surface area contributed by atoms with Crippen LogP contribution in [0.2, 0.25) is 0 Å². The number of aromatic nitrogens is 5. The zero-order chi connectivity index (χ0) is 16.4. The Bertz CT molecular complexity index is 982. The minimum Gasteiger partial charge on any atom is -0.464 e. The highest BCUT2D eigenvalue weighted by atomic mass is 32.2. The lowest BCUT2D eigenvalue weighted by Gasteiger charge is -1.99. The topological polar surface area (TPSA) is 139 Å². The quantitative estimate of drug-likeness (QED) is 0.529. The number of hydrogen-bond acceptors (Lipinski definition) is 9. The first-order valence-electron chi connectivity index (χ1n) is 6.17. The van der Waals surface area contributed by atoms with E-state index in [-0.39, 0.29) is 27.8 Å². The van der Waals surface area contributed by atoms with Crippen molar-refractivity contribution in [3.63, 3.8) is 0 Å². The molecule has 0 bridgehead atoms. The molecule has 0 radical (unpaired) electrons. The highest BCUT2D eigenvalue weighted by Gasteiger charge is 2.14. The molecule has 10 nitrogen and oxygen atoms in total. The van der Waals surface area contributed by atoms with E-state index in [1.54, 1.807) is 0 Å². The van der Waals surface area contributed by atoms with Gasteiger partial charge in [0.1, 0.15) is 17.4 Å². The van der Waals surface area contributed by atoms with Crippen molar-refractivity contribution in [3.05, 3.63) is 39.8 Å². The second kappa shape index (κ2) is 5.93. The molecule has 3 aromatic heterocycles. The third-order valence-corrected chi connectivity index (χ3v) is 3.68. The van der Waals surface area contributed by atoms with E-state index in [9.17, 15) is 9.59 Å². The predicted molar refractivity (Wildman–Crippen MR) is 75.7 cm³/mol. The predicted octanol–water partition coefficient (Wildman–Crippen LogP) is 0.356. The van der Waals surface area contributed by atoms with Gasteiger partial charge in [0.15, 0.2) is 16.5 Å². The zero-order valence-corrected chi connectivity index (χ0v) is 12.5. The third kappa shape index (κ3) is 2.79. The molecule has 0 atom stereocenters. The number of nitriles is 1. The number of ether oxygens (including phenoxy) is 1. The molecule has 0 saturated heterocycles. The van der Waals surface area contributed by atoms with Gasteiger partial charge >= 0.3 is 11.7 Å². The molecule has 0 aliphatic rings. The first-order chi connectivity index (χ1) is 11.1. The number of rotatable bonds is 4. The van der Waals surface area contributed by atoms with Gasteiger partial charge in [-0.3, -0.25) is 4.98 Å². The Balaban J connectivity index is 1.82. The smallest absolute Gasteiger partial charge is 0.360 e. The van der Waals surface area contributed by atoms with Gasteiger partial charge in [0.25, 0.3) is 0 Å². The number of thioether (sulfide) groups is 1. The van der Waals surface area contributed by atoms with Gasteiger partial charge in [0, 0.05) is 6.07 Å². The Kier molecular flexibility index (Phi) is 3.82. The van der Waals surface area contributed by atoms with E-state index in [1.807, 2.05) is 6.07 Å². The van der Waals surface area contributed by atoms with Gasteiger partial charge in [-0.15, -0.1) is 0 Å². The summed E-state index contributed by atoms with van der Waals surface area (Å²) in [6.07, 6.45) is 1.27. The third-order valence-electron chi connectivity index (χ3n) is 2.78. The standard InChI is InChI=1S/C12H8N6O4S/c1-21-10(19)8-2-7(22-17-8)5-23-11-15-9-6(3-13)4-14-18(9)12(20)16-11/h2,4H,5H2,1H3,(H,15,16,20). The number of aromatic amines is 1. The number of carbonyl (C=O) groups excluding carboxylic acids is 1. The SMILES string of the molecule is COC(=O)c1cc(CSc2nc3c(C#N)cnn3c(=O)[nH]2)on1. The van der Waals surface area contributed by atoms with Gasteiger partial charge in [0.2, 0.25) is 0 Å². The highest BCUT2D eigenvalue weighted by Crippen LogP contribution is 2.20. The fourth-order valence-corrected chi connectivity index (χ4v) is 2.46. The molecule has 3 rings (SSSR count). The van der Waals surface area contributed by atoms with Crippen LogP contribution in [0.5, 0.6) is 0 Å².